The van der Waals surface area contributed by atoms with Crippen molar-refractivity contribution >= 4 is 33.2 Å². The third-order valence-electron chi connectivity index (χ3n) is 3.67. The average molecular weight is 425 g/mol. The molecule has 2 aromatic rings. The molecule has 0 fully saturated rings. The monoisotopic (exact) mass is 424 g/mol. The minimum atomic E-state index is -4.42. The number of carbonyl (C=O) groups is 1. The van der Waals surface area contributed by atoms with E-state index in [2.05, 4.69) is 10.3 Å². The molecule has 0 aliphatic heterocycles. The zero-order valence-electron chi connectivity index (χ0n) is 14.4. The molecule has 2 N–H and O–H groups in total. The van der Waals surface area contributed by atoms with E-state index < -0.39 is 43.8 Å². The smallest absolute Gasteiger partial charge is 0.273 e. The van der Waals surface area contributed by atoms with E-state index in [9.17, 15) is 26.4 Å². The van der Waals surface area contributed by atoms with Crippen LogP contribution in [0.15, 0.2) is 29.4 Å². The molecule has 148 valence electrons. The number of carbonyl (C=O) groups excluding carboxylic acids is 1. The van der Waals surface area contributed by atoms with Crippen LogP contribution in [0.25, 0.3) is 0 Å². The van der Waals surface area contributed by atoms with Crippen molar-refractivity contribution in [3.63, 3.8) is 0 Å². The largest absolute Gasteiger partial charge is 0.344 e. The number of rotatable bonds is 6. The fourth-order valence-electron chi connectivity index (χ4n) is 2.09. The Balaban J connectivity index is 2.34. The van der Waals surface area contributed by atoms with Crippen LogP contribution in [0.3, 0.4) is 0 Å². The highest BCUT2D eigenvalue weighted by Crippen LogP contribution is 2.29. The van der Waals surface area contributed by atoms with Gasteiger partial charge in [-0.2, -0.15) is 4.39 Å². The lowest BCUT2D eigenvalue weighted by Gasteiger charge is -2.20. The summed E-state index contributed by atoms with van der Waals surface area (Å²) in [5.41, 5.74) is -0.170. The highest BCUT2D eigenvalue weighted by Gasteiger charge is 2.36. The third-order valence-corrected chi connectivity index (χ3v) is 5.72. The standard InChI is InChI=1S/C15H16ClF3N4O3S/c1-8(15(2,18)19)22-27(25,26)10-7-23(3)13(12(10)16)14(24)21-9-4-5-20-11(17)6-9/h4-8,22H,1-3H3,(H,20,21,24). The van der Waals surface area contributed by atoms with Gasteiger partial charge in [-0.1, -0.05) is 11.6 Å². The Kier molecular flexibility index (Phi) is 5.88. The van der Waals surface area contributed by atoms with Crippen LogP contribution in [0.1, 0.15) is 24.3 Å². The maximum absolute atomic E-state index is 13.3. The van der Waals surface area contributed by atoms with Crippen molar-refractivity contribution in [1.82, 2.24) is 14.3 Å². The number of hydrogen-bond acceptors (Lipinski definition) is 4. The number of aromatic nitrogens is 2. The first-order valence-corrected chi connectivity index (χ1v) is 9.37. The van der Waals surface area contributed by atoms with E-state index in [1.165, 1.54) is 13.1 Å². The molecular formula is C15H16ClF3N4O3S. The Morgan fingerprint density at radius 2 is 2.04 bits per heavy atom. The fourth-order valence-corrected chi connectivity index (χ4v) is 4.09. The Morgan fingerprint density at radius 3 is 2.59 bits per heavy atom. The second-order valence-corrected chi connectivity index (χ2v) is 7.95. The van der Waals surface area contributed by atoms with Crippen LogP contribution in [0.5, 0.6) is 0 Å². The molecular weight excluding hydrogens is 409 g/mol. The highest BCUT2D eigenvalue weighted by atomic mass is 35.5. The highest BCUT2D eigenvalue weighted by molar-refractivity contribution is 7.89. The lowest BCUT2D eigenvalue weighted by Crippen LogP contribution is -2.43. The van der Waals surface area contributed by atoms with Gasteiger partial charge in [-0.3, -0.25) is 4.79 Å². The second kappa shape index (κ2) is 7.49. The summed E-state index contributed by atoms with van der Waals surface area (Å²) in [4.78, 5) is 15.2. The lowest BCUT2D eigenvalue weighted by molar-refractivity contribution is -0.00488. The number of alkyl halides is 2. The van der Waals surface area contributed by atoms with E-state index in [1.807, 2.05) is 4.72 Å². The van der Waals surface area contributed by atoms with Gasteiger partial charge in [-0.05, 0) is 13.0 Å². The van der Waals surface area contributed by atoms with Crippen molar-refractivity contribution in [2.75, 3.05) is 5.32 Å². The zero-order chi connectivity index (χ0) is 20.6. The van der Waals surface area contributed by atoms with Crippen LogP contribution in [-0.4, -0.2) is 35.8 Å². The second-order valence-electron chi connectivity index (χ2n) is 5.89. The van der Waals surface area contributed by atoms with Crippen molar-refractivity contribution in [2.24, 2.45) is 7.05 Å². The predicted molar refractivity (Wildman–Crippen MR) is 93.0 cm³/mol. The summed E-state index contributed by atoms with van der Waals surface area (Å²) >= 11 is 6.03. The van der Waals surface area contributed by atoms with Gasteiger partial charge in [0.05, 0.1) is 11.1 Å². The van der Waals surface area contributed by atoms with E-state index >= 15 is 0 Å². The number of halogens is 4. The summed E-state index contributed by atoms with van der Waals surface area (Å²) in [7, 11) is -3.07. The first-order valence-electron chi connectivity index (χ1n) is 7.51. The molecule has 7 nitrogen and oxygen atoms in total. The molecule has 0 bridgehead atoms. The summed E-state index contributed by atoms with van der Waals surface area (Å²) in [5.74, 6) is -4.95. The molecule has 2 heterocycles. The van der Waals surface area contributed by atoms with Gasteiger partial charge in [0, 0.05) is 38.1 Å². The molecule has 27 heavy (non-hydrogen) atoms. The summed E-state index contributed by atoms with van der Waals surface area (Å²) in [6.07, 6.45) is 2.15. The molecule has 12 heteroatoms. The average Bonchev–Trinajstić information content (AvgIpc) is 2.81. The molecule has 0 saturated heterocycles. The topological polar surface area (TPSA) is 93.1 Å². The Hall–Kier alpha value is -2.11. The number of nitrogens with one attached hydrogen (secondary N) is 2. The van der Waals surface area contributed by atoms with Crippen LogP contribution >= 0.6 is 11.6 Å². The molecule has 1 unspecified atom stereocenters. The van der Waals surface area contributed by atoms with E-state index in [-0.39, 0.29) is 11.4 Å². The van der Waals surface area contributed by atoms with Gasteiger partial charge in [0.1, 0.15) is 10.6 Å². The zero-order valence-corrected chi connectivity index (χ0v) is 16.0. The number of anilines is 1. The number of aryl methyl sites for hydroxylation is 1. The molecule has 0 aliphatic carbocycles. The van der Waals surface area contributed by atoms with E-state index in [0.29, 0.717) is 6.92 Å². The maximum atomic E-state index is 13.3. The van der Waals surface area contributed by atoms with Crippen LogP contribution in [0.2, 0.25) is 5.02 Å². The molecule has 0 aromatic carbocycles. The van der Waals surface area contributed by atoms with Crippen LogP contribution < -0.4 is 10.0 Å². The normalized spacial score (nSPS) is 13.4. The number of pyridine rings is 1. The first kappa shape index (κ1) is 21.2. The molecule has 0 spiro atoms. The summed E-state index contributed by atoms with van der Waals surface area (Å²) in [6, 6.07) is 0.580. The number of nitrogens with zero attached hydrogens (tertiary/aromatic N) is 2. The SMILES string of the molecule is CC(NS(=O)(=O)c1cn(C)c(C(=O)Nc2ccnc(F)c2)c1Cl)C(C)(F)F. The number of sulfonamides is 1. The van der Waals surface area contributed by atoms with Gasteiger partial charge < -0.3 is 9.88 Å². The van der Waals surface area contributed by atoms with Crippen molar-refractivity contribution in [3.8, 4) is 0 Å². The molecule has 0 aliphatic rings. The van der Waals surface area contributed by atoms with E-state index in [0.717, 1.165) is 30.0 Å². The molecule has 1 atom stereocenters. The molecule has 2 aromatic heterocycles. The van der Waals surface area contributed by atoms with Crippen molar-refractivity contribution in [3.05, 3.63) is 41.2 Å². The minimum Gasteiger partial charge on any atom is -0.344 e. The quantitative estimate of drug-likeness (QED) is 0.697. The Bertz CT molecular complexity index is 973. The van der Waals surface area contributed by atoms with Gasteiger partial charge in [0.15, 0.2) is 0 Å². The van der Waals surface area contributed by atoms with Crippen LogP contribution in [-0.2, 0) is 17.1 Å². The Morgan fingerprint density at radius 1 is 1.41 bits per heavy atom. The first-order chi connectivity index (χ1) is 12.3. The molecule has 0 saturated carbocycles. The predicted octanol–water partition coefficient (Wildman–Crippen LogP) is 2.79. The number of amides is 1. The Labute approximate surface area is 158 Å². The summed E-state index contributed by atoms with van der Waals surface area (Å²) in [6.45, 7) is 1.57. The fraction of sp³-hybridized carbons (Fsp3) is 0.333. The van der Waals surface area contributed by atoms with E-state index in [4.69, 9.17) is 11.6 Å². The van der Waals surface area contributed by atoms with Gasteiger partial charge in [0.25, 0.3) is 11.8 Å². The maximum Gasteiger partial charge on any atom is 0.273 e. The van der Waals surface area contributed by atoms with Gasteiger partial charge >= 0.3 is 0 Å². The van der Waals surface area contributed by atoms with Crippen LogP contribution in [0, 0.1) is 5.95 Å². The molecule has 0 radical (unpaired) electrons. The van der Waals surface area contributed by atoms with Gasteiger partial charge in [0.2, 0.25) is 16.0 Å². The van der Waals surface area contributed by atoms with Gasteiger partial charge in [-0.15, -0.1) is 0 Å². The lowest BCUT2D eigenvalue weighted by atomic mass is 10.2. The van der Waals surface area contributed by atoms with E-state index in [1.54, 1.807) is 0 Å². The van der Waals surface area contributed by atoms with Gasteiger partial charge in [-0.25, -0.2) is 26.9 Å². The van der Waals surface area contributed by atoms with Crippen molar-refractivity contribution < 1.29 is 26.4 Å². The molecule has 2 rings (SSSR count). The molecule has 1 amide bonds. The summed E-state index contributed by atoms with van der Waals surface area (Å²) < 4.78 is 67.4. The number of hydrogen-bond donors (Lipinski definition) is 2. The summed E-state index contributed by atoms with van der Waals surface area (Å²) in [5, 5.41) is 1.90. The van der Waals surface area contributed by atoms with Crippen molar-refractivity contribution in [1.29, 1.82) is 0 Å². The minimum absolute atomic E-state index is 0.0755. The third kappa shape index (κ3) is 4.79. The van der Waals surface area contributed by atoms with Crippen LogP contribution in [0.4, 0.5) is 18.9 Å². The van der Waals surface area contributed by atoms with Crippen molar-refractivity contribution in [2.45, 2.75) is 30.7 Å².